The van der Waals surface area contributed by atoms with Gasteiger partial charge in [-0.05, 0) is 77.3 Å². The molecule has 0 radical (unpaired) electrons. The molecule has 1 saturated heterocycles. The van der Waals surface area contributed by atoms with E-state index in [9.17, 15) is 14.4 Å². The molecular formula is C27H30Br2N2O5. The van der Waals surface area contributed by atoms with E-state index in [1.165, 1.54) is 31.8 Å². The molecule has 4 amide bonds. The zero-order valence-electron chi connectivity index (χ0n) is 20.4. The minimum absolute atomic E-state index is 0.160. The quantitative estimate of drug-likeness (QED) is 0.156. The zero-order valence-corrected chi connectivity index (χ0v) is 23.6. The van der Waals surface area contributed by atoms with Crippen molar-refractivity contribution in [1.82, 2.24) is 5.32 Å². The maximum absolute atomic E-state index is 13.2. The molecule has 1 heterocycles. The van der Waals surface area contributed by atoms with Gasteiger partial charge in [-0.1, -0.05) is 55.0 Å². The first-order valence-electron chi connectivity index (χ1n) is 12.1. The van der Waals surface area contributed by atoms with Gasteiger partial charge in [0.1, 0.15) is 5.57 Å². The Morgan fingerprint density at radius 3 is 2.31 bits per heavy atom. The van der Waals surface area contributed by atoms with E-state index in [1.807, 2.05) is 6.92 Å². The van der Waals surface area contributed by atoms with Crippen molar-refractivity contribution < 1.29 is 23.9 Å². The fraction of sp³-hybridized carbons (Fsp3) is 0.370. The molecule has 0 aromatic heterocycles. The predicted octanol–water partition coefficient (Wildman–Crippen LogP) is 7.02. The Bertz CT molecular complexity index is 1130. The van der Waals surface area contributed by atoms with Crippen molar-refractivity contribution >= 4 is 61.5 Å². The van der Waals surface area contributed by atoms with E-state index < -0.39 is 17.8 Å². The molecule has 1 N–H and O–H groups in total. The lowest BCUT2D eigenvalue weighted by Gasteiger charge is -2.26. The van der Waals surface area contributed by atoms with Crippen LogP contribution in [0.15, 0.2) is 50.9 Å². The van der Waals surface area contributed by atoms with Gasteiger partial charge >= 0.3 is 6.03 Å². The van der Waals surface area contributed by atoms with E-state index in [0.29, 0.717) is 40.4 Å². The number of hydrogen-bond donors (Lipinski definition) is 1. The van der Waals surface area contributed by atoms with Gasteiger partial charge in [0.05, 0.1) is 23.4 Å². The highest BCUT2D eigenvalue weighted by Crippen LogP contribution is 2.38. The number of barbiturate groups is 1. The number of carbonyl (C=O) groups is 3. The van der Waals surface area contributed by atoms with Gasteiger partial charge in [-0.15, -0.1) is 0 Å². The highest BCUT2D eigenvalue weighted by molar-refractivity contribution is 9.10. The average Bonchev–Trinajstić information content (AvgIpc) is 2.84. The lowest BCUT2D eigenvalue weighted by molar-refractivity contribution is -0.122. The number of rotatable bonds is 12. The summed E-state index contributed by atoms with van der Waals surface area (Å²) in [5.74, 6) is -0.368. The third-order valence-corrected chi connectivity index (χ3v) is 6.69. The van der Waals surface area contributed by atoms with Crippen LogP contribution in [0.25, 0.3) is 6.08 Å². The maximum atomic E-state index is 13.2. The average molecular weight is 622 g/mol. The molecule has 0 aliphatic carbocycles. The first kappa shape index (κ1) is 27.9. The summed E-state index contributed by atoms with van der Waals surface area (Å²) in [7, 11) is 0. The fourth-order valence-electron chi connectivity index (χ4n) is 3.78. The smallest absolute Gasteiger partial charge is 0.335 e. The van der Waals surface area contributed by atoms with E-state index in [2.05, 4.69) is 44.1 Å². The topological polar surface area (TPSA) is 84.9 Å². The van der Waals surface area contributed by atoms with E-state index in [4.69, 9.17) is 9.47 Å². The molecule has 36 heavy (non-hydrogen) atoms. The number of nitrogens with one attached hydrogen (secondary N) is 1. The number of amides is 4. The summed E-state index contributed by atoms with van der Waals surface area (Å²) >= 11 is 6.88. The molecule has 9 heteroatoms. The molecular weight excluding hydrogens is 592 g/mol. The summed E-state index contributed by atoms with van der Waals surface area (Å²) in [6.45, 7) is 5.06. The molecule has 1 aliphatic heterocycles. The second kappa shape index (κ2) is 13.6. The Morgan fingerprint density at radius 1 is 0.917 bits per heavy atom. The number of nitrogens with zero attached hydrogens (tertiary/aromatic N) is 1. The minimum Gasteiger partial charge on any atom is -0.490 e. The number of hydrogen-bond acceptors (Lipinski definition) is 5. The molecule has 0 saturated carbocycles. The SMILES string of the molecule is CCCCCCCCOc1c(Br)cc(/C=C2\C(=O)NC(=O)N(c3ccc(Br)cc3)C2=O)cc1OCC. The lowest BCUT2D eigenvalue weighted by Crippen LogP contribution is -2.54. The van der Waals surface area contributed by atoms with Crippen molar-refractivity contribution in [3.8, 4) is 11.5 Å². The summed E-state index contributed by atoms with van der Waals surface area (Å²) in [4.78, 5) is 39.1. The number of unbranched alkanes of at least 4 members (excludes halogenated alkanes) is 5. The Morgan fingerprint density at radius 2 is 1.61 bits per heavy atom. The Hall–Kier alpha value is -2.65. The number of urea groups is 1. The van der Waals surface area contributed by atoms with Crippen LogP contribution < -0.4 is 19.7 Å². The molecule has 192 valence electrons. The van der Waals surface area contributed by atoms with Crippen LogP contribution in [0.2, 0.25) is 0 Å². The number of ether oxygens (including phenoxy) is 2. The molecule has 0 unspecified atom stereocenters. The van der Waals surface area contributed by atoms with E-state index in [0.717, 1.165) is 22.2 Å². The summed E-state index contributed by atoms with van der Waals surface area (Å²) in [5, 5.41) is 2.24. The van der Waals surface area contributed by atoms with Crippen LogP contribution in [-0.4, -0.2) is 31.1 Å². The van der Waals surface area contributed by atoms with Gasteiger partial charge in [-0.25, -0.2) is 9.69 Å². The number of carbonyl (C=O) groups excluding carboxylic acids is 3. The van der Waals surface area contributed by atoms with Gasteiger partial charge in [0, 0.05) is 4.47 Å². The molecule has 1 aliphatic rings. The monoisotopic (exact) mass is 620 g/mol. The van der Waals surface area contributed by atoms with Crippen molar-refractivity contribution in [1.29, 1.82) is 0 Å². The molecule has 7 nitrogen and oxygen atoms in total. The molecule has 1 fully saturated rings. The van der Waals surface area contributed by atoms with E-state index in [-0.39, 0.29) is 5.57 Å². The number of benzene rings is 2. The van der Waals surface area contributed by atoms with Crippen molar-refractivity contribution in [2.24, 2.45) is 0 Å². The Balaban J connectivity index is 1.81. The minimum atomic E-state index is -0.792. The molecule has 2 aromatic rings. The van der Waals surface area contributed by atoms with Crippen molar-refractivity contribution in [3.05, 3.63) is 56.5 Å². The highest BCUT2D eigenvalue weighted by atomic mass is 79.9. The Kier molecular flexibility index (Phi) is 10.6. The molecule has 0 spiro atoms. The first-order chi connectivity index (χ1) is 17.3. The third kappa shape index (κ3) is 7.20. The molecule has 3 rings (SSSR count). The number of halogens is 2. The highest BCUT2D eigenvalue weighted by Gasteiger charge is 2.36. The van der Waals surface area contributed by atoms with Gasteiger partial charge in [0.2, 0.25) is 0 Å². The zero-order chi connectivity index (χ0) is 26.1. The van der Waals surface area contributed by atoms with Gasteiger partial charge in [0.15, 0.2) is 11.5 Å². The van der Waals surface area contributed by atoms with Crippen LogP contribution in [0.3, 0.4) is 0 Å². The molecule has 0 atom stereocenters. The van der Waals surface area contributed by atoms with Crippen LogP contribution in [0.4, 0.5) is 10.5 Å². The van der Waals surface area contributed by atoms with Crippen LogP contribution in [0, 0.1) is 0 Å². The van der Waals surface area contributed by atoms with E-state index >= 15 is 0 Å². The Labute approximate surface area is 228 Å². The van der Waals surface area contributed by atoms with Gasteiger partial charge in [0.25, 0.3) is 11.8 Å². The van der Waals surface area contributed by atoms with Crippen LogP contribution in [-0.2, 0) is 9.59 Å². The standard InChI is InChI=1S/C27H30Br2N2O5/c1-3-5-6-7-8-9-14-36-24-22(29)16-18(17-23(24)35-4-2)15-21-25(32)30-27(34)31(26(21)33)20-12-10-19(28)11-13-20/h10-13,15-17H,3-9,14H2,1-2H3,(H,30,32,34)/b21-15+. The molecule has 2 aromatic carbocycles. The van der Waals surface area contributed by atoms with Crippen molar-refractivity contribution in [2.45, 2.75) is 52.4 Å². The van der Waals surface area contributed by atoms with Gasteiger partial charge in [-0.2, -0.15) is 0 Å². The van der Waals surface area contributed by atoms with Crippen LogP contribution >= 0.6 is 31.9 Å². The summed E-state index contributed by atoms with van der Waals surface area (Å²) in [5.41, 5.74) is 0.752. The maximum Gasteiger partial charge on any atom is 0.335 e. The van der Waals surface area contributed by atoms with Crippen LogP contribution in [0.5, 0.6) is 11.5 Å². The summed E-state index contributed by atoms with van der Waals surface area (Å²) in [6.07, 6.45) is 8.41. The normalized spacial score (nSPS) is 14.8. The molecule has 0 bridgehead atoms. The first-order valence-corrected chi connectivity index (χ1v) is 13.7. The third-order valence-electron chi connectivity index (χ3n) is 5.57. The summed E-state index contributed by atoms with van der Waals surface area (Å²) in [6, 6.07) is 9.35. The second-order valence-electron chi connectivity index (χ2n) is 8.31. The van der Waals surface area contributed by atoms with Crippen molar-refractivity contribution in [3.63, 3.8) is 0 Å². The van der Waals surface area contributed by atoms with Crippen molar-refractivity contribution in [2.75, 3.05) is 18.1 Å². The predicted molar refractivity (Wildman–Crippen MR) is 147 cm³/mol. The van der Waals surface area contributed by atoms with Crippen LogP contribution in [0.1, 0.15) is 57.9 Å². The van der Waals surface area contributed by atoms with E-state index in [1.54, 1.807) is 36.4 Å². The second-order valence-corrected chi connectivity index (χ2v) is 10.1. The van der Waals surface area contributed by atoms with Gasteiger partial charge in [-0.3, -0.25) is 14.9 Å². The number of anilines is 1. The lowest BCUT2D eigenvalue weighted by atomic mass is 10.1. The summed E-state index contributed by atoms with van der Waals surface area (Å²) < 4.78 is 13.3. The van der Waals surface area contributed by atoms with Gasteiger partial charge < -0.3 is 9.47 Å². The largest absolute Gasteiger partial charge is 0.490 e. The number of imide groups is 2. The fourth-order valence-corrected chi connectivity index (χ4v) is 4.62.